The molecule has 0 N–H and O–H groups in total. The van der Waals surface area contributed by atoms with Gasteiger partial charge >= 0.3 is 5.97 Å². The first-order valence-corrected chi connectivity index (χ1v) is 6.40. The van der Waals surface area contributed by atoms with Crippen molar-refractivity contribution in [3.05, 3.63) is 12.2 Å². The summed E-state index contributed by atoms with van der Waals surface area (Å²) in [7, 11) is 0. The average molecular weight is 248 g/mol. The molecule has 4 bridgehead atoms. The highest BCUT2D eigenvalue weighted by Crippen LogP contribution is 2.53. The Hall–Kier alpha value is -1.45. The van der Waals surface area contributed by atoms with E-state index < -0.39 is 11.6 Å². The van der Waals surface area contributed by atoms with E-state index in [9.17, 15) is 14.4 Å². The molecule has 4 rings (SSSR count). The highest BCUT2D eigenvalue weighted by atomic mass is 16.6. The number of hydrogen-bond acceptors (Lipinski definition) is 4. The van der Waals surface area contributed by atoms with Gasteiger partial charge in [0.1, 0.15) is 5.78 Å². The number of Topliss-reactive ketones (excluding diaryl/α,β-unsaturated/α-hetero) is 2. The van der Waals surface area contributed by atoms with Crippen molar-refractivity contribution in [1.82, 2.24) is 0 Å². The summed E-state index contributed by atoms with van der Waals surface area (Å²) >= 11 is 0. The minimum Gasteiger partial charge on any atom is -0.448 e. The Bertz CT molecular complexity index is 458. The van der Waals surface area contributed by atoms with Crippen LogP contribution < -0.4 is 0 Å². The molecular weight excluding hydrogens is 232 g/mol. The highest BCUT2D eigenvalue weighted by Gasteiger charge is 2.62. The predicted octanol–water partition coefficient (Wildman–Crippen LogP) is 1.43. The maximum absolute atomic E-state index is 12.3. The van der Waals surface area contributed by atoms with Gasteiger partial charge in [-0.1, -0.05) is 6.58 Å². The third kappa shape index (κ3) is 1.41. The van der Waals surface area contributed by atoms with Crippen LogP contribution in [0.3, 0.4) is 0 Å². The first-order chi connectivity index (χ1) is 8.43. The summed E-state index contributed by atoms with van der Waals surface area (Å²) in [6.07, 6.45) is 2.08. The molecule has 0 aliphatic heterocycles. The van der Waals surface area contributed by atoms with Crippen LogP contribution >= 0.6 is 0 Å². The van der Waals surface area contributed by atoms with E-state index in [1.54, 1.807) is 6.92 Å². The van der Waals surface area contributed by atoms with Gasteiger partial charge in [-0.05, 0) is 19.8 Å². The Morgan fingerprint density at radius 3 is 2.28 bits per heavy atom. The molecule has 0 saturated heterocycles. The zero-order valence-electron chi connectivity index (χ0n) is 10.4. The molecular formula is C14H16O4. The first-order valence-electron chi connectivity index (χ1n) is 6.40. The number of carbonyl (C=O) groups excluding carboxylic acids is 3. The summed E-state index contributed by atoms with van der Waals surface area (Å²) in [4.78, 5) is 36.0. The van der Waals surface area contributed by atoms with Gasteiger partial charge in [0.05, 0.1) is 0 Å². The molecule has 4 heteroatoms. The molecule has 18 heavy (non-hydrogen) atoms. The van der Waals surface area contributed by atoms with Gasteiger partial charge in [-0.15, -0.1) is 0 Å². The zero-order chi connectivity index (χ0) is 13.1. The van der Waals surface area contributed by atoms with Gasteiger partial charge in [0, 0.05) is 36.2 Å². The predicted molar refractivity (Wildman–Crippen MR) is 62.6 cm³/mol. The molecule has 2 atom stereocenters. The van der Waals surface area contributed by atoms with Crippen LogP contribution in [-0.4, -0.2) is 23.1 Å². The second-order valence-corrected chi connectivity index (χ2v) is 5.90. The zero-order valence-corrected chi connectivity index (χ0v) is 10.4. The quantitative estimate of drug-likeness (QED) is 0.548. The Morgan fingerprint density at radius 1 is 1.22 bits per heavy atom. The summed E-state index contributed by atoms with van der Waals surface area (Å²) in [6.45, 7) is 5.11. The van der Waals surface area contributed by atoms with E-state index in [4.69, 9.17) is 4.74 Å². The fraction of sp³-hybridized carbons (Fsp3) is 0.643. The van der Waals surface area contributed by atoms with Crippen LogP contribution in [0.1, 0.15) is 32.6 Å². The van der Waals surface area contributed by atoms with Gasteiger partial charge in [-0.25, -0.2) is 4.79 Å². The number of ketones is 2. The number of esters is 1. The molecule has 0 heterocycles. The van der Waals surface area contributed by atoms with E-state index in [0.29, 0.717) is 31.3 Å². The average Bonchev–Trinajstić information content (AvgIpc) is 2.28. The van der Waals surface area contributed by atoms with Gasteiger partial charge in [0.15, 0.2) is 11.4 Å². The Morgan fingerprint density at radius 2 is 1.78 bits per heavy atom. The summed E-state index contributed by atoms with van der Waals surface area (Å²) in [5.41, 5.74) is -0.731. The van der Waals surface area contributed by atoms with Crippen molar-refractivity contribution in [2.75, 3.05) is 0 Å². The Labute approximate surface area is 105 Å². The summed E-state index contributed by atoms with van der Waals surface area (Å²) in [6, 6.07) is 0. The molecule has 4 nitrogen and oxygen atoms in total. The number of ether oxygens (including phenoxy) is 1. The van der Waals surface area contributed by atoms with Crippen LogP contribution in [0.5, 0.6) is 0 Å². The fourth-order valence-electron chi connectivity index (χ4n) is 3.78. The standard InChI is InChI=1S/C14H16O4/c1-7(2)13(17)18-14-5-9-3-8(12(14)16)4-10(6-14)11(9)15/h8-10H,1,3-6H2,2H3. The molecule has 0 aromatic heterocycles. The van der Waals surface area contributed by atoms with Gasteiger partial charge < -0.3 is 4.74 Å². The monoisotopic (exact) mass is 248 g/mol. The lowest BCUT2D eigenvalue weighted by Gasteiger charge is -2.53. The van der Waals surface area contributed by atoms with Gasteiger partial charge in [0.2, 0.25) is 0 Å². The number of hydrogen-bond donors (Lipinski definition) is 0. The molecule has 0 amide bonds. The molecule has 4 fully saturated rings. The molecule has 2 unspecified atom stereocenters. The van der Waals surface area contributed by atoms with Crippen molar-refractivity contribution in [2.24, 2.45) is 17.8 Å². The van der Waals surface area contributed by atoms with Crippen molar-refractivity contribution >= 4 is 17.5 Å². The maximum Gasteiger partial charge on any atom is 0.334 e. The SMILES string of the molecule is C=C(C)C(=O)OC12CC3CC(CC(C1)C3=O)C2=O. The van der Waals surface area contributed by atoms with E-state index >= 15 is 0 Å². The molecule has 0 spiro atoms. The third-order valence-corrected chi connectivity index (χ3v) is 4.55. The topological polar surface area (TPSA) is 60.4 Å². The maximum atomic E-state index is 12.3. The first kappa shape index (κ1) is 11.6. The molecule has 4 aliphatic carbocycles. The molecule has 96 valence electrons. The normalized spacial score (nSPS) is 41.1. The Kier molecular flexibility index (Phi) is 2.28. The molecule has 4 saturated carbocycles. The van der Waals surface area contributed by atoms with Crippen LogP contribution in [0.4, 0.5) is 0 Å². The van der Waals surface area contributed by atoms with Crippen LogP contribution in [0.25, 0.3) is 0 Å². The highest BCUT2D eigenvalue weighted by molar-refractivity contribution is 6.01. The molecule has 0 aromatic rings. The van der Waals surface area contributed by atoms with E-state index in [1.165, 1.54) is 0 Å². The molecule has 0 aromatic carbocycles. The Balaban J connectivity index is 1.92. The lowest BCUT2D eigenvalue weighted by atomic mass is 9.53. The second-order valence-electron chi connectivity index (χ2n) is 5.90. The van der Waals surface area contributed by atoms with Crippen molar-refractivity contribution in [2.45, 2.75) is 38.2 Å². The molecule has 4 aliphatic rings. The third-order valence-electron chi connectivity index (χ3n) is 4.55. The van der Waals surface area contributed by atoms with Crippen molar-refractivity contribution in [1.29, 1.82) is 0 Å². The minimum absolute atomic E-state index is 0.0251. The van der Waals surface area contributed by atoms with Gasteiger partial charge in [0.25, 0.3) is 0 Å². The van der Waals surface area contributed by atoms with E-state index in [1.807, 2.05) is 0 Å². The van der Waals surface area contributed by atoms with Crippen molar-refractivity contribution in [3.8, 4) is 0 Å². The smallest absolute Gasteiger partial charge is 0.334 e. The number of carbonyl (C=O) groups is 3. The van der Waals surface area contributed by atoms with E-state index in [-0.39, 0.29) is 29.3 Å². The number of rotatable bonds is 2. The second kappa shape index (κ2) is 3.53. The van der Waals surface area contributed by atoms with Crippen molar-refractivity contribution in [3.63, 3.8) is 0 Å². The largest absolute Gasteiger partial charge is 0.448 e. The minimum atomic E-state index is -1.03. The van der Waals surface area contributed by atoms with Crippen LogP contribution in [0, 0.1) is 17.8 Å². The van der Waals surface area contributed by atoms with Gasteiger partial charge in [-0.2, -0.15) is 0 Å². The van der Waals surface area contributed by atoms with E-state index in [2.05, 4.69) is 6.58 Å². The van der Waals surface area contributed by atoms with Crippen LogP contribution in [0.15, 0.2) is 12.2 Å². The lowest BCUT2D eigenvalue weighted by Crippen LogP contribution is -2.63. The van der Waals surface area contributed by atoms with E-state index in [0.717, 1.165) is 0 Å². The van der Waals surface area contributed by atoms with Crippen molar-refractivity contribution < 1.29 is 19.1 Å². The molecule has 0 radical (unpaired) electrons. The van der Waals surface area contributed by atoms with Gasteiger partial charge in [-0.3, -0.25) is 9.59 Å². The summed E-state index contributed by atoms with van der Waals surface area (Å²) < 4.78 is 5.43. The lowest BCUT2D eigenvalue weighted by molar-refractivity contribution is -0.190. The summed E-state index contributed by atoms with van der Waals surface area (Å²) in [5.74, 6) is -0.482. The van der Waals surface area contributed by atoms with Crippen LogP contribution in [-0.2, 0) is 19.1 Å². The fourth-order valence-corrected chi connectivity index (χ4v) is 3.78. The van der Waals surface area contributed by atoms with Crippen LogP contribution in [0.2, 0.25) is 0 Å². The summed E-state index contributed by atoms with van der Waals surface area (Å²) in [5, 5.41) is 0.